The summed E-state index contributed by atoms with van der Waals surface area (Å²) in [5, 5.41) is 0. The number of ether oxygens (including phenoxy) is 5. The van der Waals surface area contributed by atoms with Crippen molar-refractivity contribution in [3.8, 4) is 29.1 Å². The zero-order valence-electron chi connectivity index (χ0n) is 23.9. The molecule has 8 nitrogen and oxygen atoms in total. The maximum absolute atomic E-state index is 12.6. The Morgan fingerprint density at radius 3 is 1.58 bits per heavy atom. The first-order chi connectivity index (χ1) is 21.0. The average molecular weight is 583 g/mol. The van der Waals surface area contributed by atoms with Gasteiger partial charge in [-0.2, -0.15) is 0 Å². The molecule has 0 aliphatic heterocycles. The SMILES string of the molecule is C=CC(=O)OCCCCCCOc1ccc(C(=O)Oc2ccc(C#Cc3ccc(OCCOC(=O)C=C)cc3)cc2)cc1. The zero-order chi connectivity index (χ0) is 30.7. The molecule has 3 aromatic rings. The van der Waals surface area contributed by atoms with Gasteiger partial charge in [0.05, 0.1) is 18.8 Å². The summed E-state index contributed by atoms with van der Waals surface area (Å²) < 4.78 is 26.6. The van der Waals surface area contributed by atoms with Crippen LogP contribution >= 0.6 is 0 Å². The van der Waals surface area contributed by atoms with Gasteiger partial charge in [-0.1, -0.05) is 25.0 Å². The Hall–Kier alpha value is -5.29. The van der Waals surface area contributed by atoms with Gasteiger partial charge in [-0.05, 0) is 98.5 Å². The molecule has 0 aromatic heterocycles. The molecule has 0 radical (unpaired) electrons. The maximum Gasteiger partial charge on any atom is 0.343 e. The Morgan fingerprint density at radius 2 is 1.02 bits per heavy atom. The van der Waals surface area contributed by atoms with Crippen molar-refractivity contribution in [3.05, 3.63) is 115 Å². The molecule has 0 heterocycles. The fraction of sp³-hybridized carbons (Fsp3) is 0.229. The molecule has 0 aliphatic carbocycles. The maximum atomic E-state index is 12.6. The van der Waals surface area contributed by atoms with Crippen molar-refractivity contribution in [3.63, 3.8) is 0 Å². The van der Waals surface area contributed by atoms with Crippen molar-refractivity contribution < 1.29 is 38.1 Å². The Kier molecular flexibility index (Phi) is 13.6. The van der Waals surface area contributed by atoms with Crippen molar-refractivity contribution >= 4 is 17.9 Å². The standard InChI is InChI=1S/C35H34O8/c1-3-33(36)41-24-8-6-5-7-23-39-31-21-15-29(16-22-31)35(38)43-32-19-13-28(14-20-32)10-9-27-11-17-30(18-12-27)40-25-26-42-34(37)4-2/h3-4,11-22H,1-2,5-8,23-26H2. The molecule has 0 unspecified atom stereocenters. The third-order valence-electron chi connectivity index (χ3n) is 5.84. The first kappa shape index (κ1) is 32.2. The summed E-state index contributed by atoms with van der Waals surface area (Å²) in [5.74, 6) is 6.53. The molecule has 0 fully saturated rings. The van der Waals surface area contributed by atoms with Crippen LogP contribution in [0, 0.1) is 11.8 Å². The predicted octanol–water partition coefficient (Wildman–Crippen LogP) is 6.08. The van der Waals surface area contributed by atoms with Crippen LogP contribution in [0.3, 0.4) is 0 Å². The third-order valence-corrected chi connectivity index (χ3v) is 5.84. The first-order valence-corrected chi connectivity index (χ1v) is 13.8. The normalized spacial score (nSPS) is 9.95. The molecule has 8 heteroatoms. The lowest BCUT2D eigenvalue weighted by Crippen LogP contribution is -2.10. The van der Waals surface area contributed by atoms with E-state index in [4.69, 9.17) is 23.7 Å². The lowest BCUT2D eigenvalue weighted by atomic mass is 10.1. The molecule has 3 rings (SSSR count). The van der Waals surface area contributed by atoms with Crippen molar-refractivity contribution in [2.75, 3.05) is 26.4 Å². The number of esters is 3. The highest BCUT2D eigenvalue weighted by atomic mass is 16.6. The van der Waals surface area contributed by atoms with Crippen LogP contribution in [0.4, 0.5) is 0 Å². The van der Waals surface area contributed by atoms with Crippen molar-refractivity contribution in [2.45, 2.75) is 25.7 Å². The molecule has 3 aromatic carbocycles. The minimum absolute atomic E-state index is 0.140. The summed E-state index contributed by atoms with van der Waals surface area (Å²) in [6.45, 7) is 8.03. The molecule has 0 spiro atoms. The van der Waals surface area contributed by atoms with Gasteiger partial charge in [0.1, 0.15) is 30.5 Å². The number of carbonyl (C=O) groups excluding carboxylic acids is 3. The van der Waals surface area contributed by atoms with E-state index in [0.29, 0.717) is 36.0 Å². The monoisotopic (exact) mass is 582 g/mol. The molecule has 0 bridgehead atoms. The molecule has 0 saturated heterocycles. The minimum atomic E-state index is -0.486. The largest absolute Gasteiger partial charge is 0.494 e. The second-order valence-electron chi connectivity index (χ2n) is 9.07. The molecular formula is C35H34O8. The average Bonchev–Trinajstić information content (AvgIpc) is 3.04. The first-order valence-electron chi connectivity index (χ1n) is 13.8. The van der Waals surface area contributed by atoms with E-state index in [0.717, 1.165) is 49.0 Å². The Labute approximate surface area is 251 Å². The summed E-state index contributed by atoms with van der Waals surface area (Å²) >= 11 is 0. The van der Waals surface area contributed by atoms with Gasteiger partial charge in [-0.3, -0.25) is 0 Å². The van der Waals surface area contributed by atoms with Gasteiger partial charge in [0.2, 0.25) is 0 Å². The van der Waals surface area contributed by atoms with Gasteiger partial charge in [0.25, 0.3) is 0 Å². The van der Waals surface area contributed by atoms with E-state index < -0.39 is 17.9 Å². The lowest BCUT2D eigenvalue weighted by molar-refractivity contribution is -0.139. The van der Waals surface area contributed by atoms with E-state index >= 15 is 0 Å². The molecule has 222 valence electrons. The Morgan fingerprint density at radius 1 is 0.558 bits per heavy atom. The second kappa shape index (κ2) is 18.2. The fourth-order valence-corrected chi connectivity index (χ4v) is 3.58. The van der Waals surface area contributed by atoms with Crippen LogP contribution in [0.25, 0.3) is 0 Å². The van der Waals surface area contributed by atoms with Gasteiger partial charge < -0.3 is 23.7 Å². The molecule has 0 N–H and O–H groups in total. The molecule has 0 aliphatic rings. The van der Waals surface area contributed by atoms with Crippen LogP contribution in [0.2, 0.25) is 0 Å². The molecule has 0 amide bonds. The van der Waals surface area contributed by atoms with Crippen LogP contribution < -0.4 is 14.2 Å². The van der Waals surface area contributed by atoms with Crippen LogP contribution in [-0.2, 0) is 19.1 Å². The Bertz CT molecular complexity index is 1410. The molecule has 0 atom stereocenters. The van der Waals surface area contributed by atoms with E-state index in [-0.39, 0.29) is 13.2 Å². The number of hydrogen-bond acceptors (Lipinski definition) is 8. The smallest absolute Gasteiger partial charge is 0.343 e. The van der Waals surface area contributed by atoms with E-state index in [1.165, 1.54) is 0 Å². The zero-order valence-corrected chi connectivity index (χ0v) is 23.9. The summed E-state index contributed by atoms with van der Waals surface area (Å²) in [4.78, 5) is 34.6. The lowest BCUT2D eigenvalue weighted by Gasteiger charge is -2.08. The molecule has 43 heavy (non-hydrogen) atoms. The highest BCUT2D eigenvalue weighted by Gasteiger charge is 2.09. The topological polar surface area (TPSA) is 97.4 Å². The van der Waals surface area contributed by atoms with Gasteiger partial charge >= 0.3 is 17.9 Å². The van der Waals surface area contributed by atoms with Gasteiger partial charge in [0, 0.05) is 23.3 Å². The van der Waals surface area contributed by atoms with Crippen molar-refractivity contribution in [1.29, 1.82) is 0 Å². The summed E-state index contributed by atoms with van der Waals surface area (Å²) in [6.07, 6.45) is 5.84. The number of hydrogen-bond donors (Lipinski definition) is 0. The summed E-state index contributed by atoms with van der Waals surface area (Å²) in [7, 11) is 0. The molecular weight excluding hydrogens is 548 g/mol. The fourth-order valence-electron chi connectivity index (χ4n) is 3.58. The number of benzene rings is 3. The summed E-state index contributed by atoms with van der Waals surface area (Å²) in [6, 6.07) is 21.0. The van der Waals surface area contributed by atoms with E-state index in [1.807, 2.05) is 12.1 Å². The predicted molar refractivity (Wildman–Crippen MR) is 162 cm³/mol. The van der Waals surface area contributed by atoms with Crippen LogP contribution in [0.1, 0.15) is 47.2 Å². The third kappa shape index (κ3) is 12.4. The number of rotatable bonds is 16. The number of unbranched alkanes of at least 4 members (excludes halogenated alkanes) is 3. The number of carbonyl (C=O) groups is 3. The van der Waals surface area contributed by atoms with Gasteiger partial charge in [-0.25, -0.2) is 14.4 Å². The van der Waals surface area contributed by atoms with E-state index in [2.05, 4.69) is 25.0 Å². The highest BCUT2D eigenvalue weighted by molar-refractivity contribution is 5.91. The second-order valence-corrected chi connectivity index (χ2v) is 9.07. The Balaban J connectivity index is 1.37. The van der Waals surface area contributed by atoms with Crippen LogP contribution in [-0.4, -0.2) is 44.3 Å². The molecule has 0 saturated carbocycles. The minimum Gasteiger partial charge on any atom is -0.494 e. The quantitative estimate of drug-likeness (QED) is 0.0659. The van der Waals surface area contributed by atoms with Crippen molar-refractivity contribution in [2.24, 2.45) is 0 Å². The van der Waals surface area contributed by atoms with Crippen LogP contribution in [0.5, 0.6) is 17.2 Å². The highest BCUT2D eigenvalue weighted by Crippen LogP contribution is 2.17. The van der Waals surface area contributed by atoms with E-state index in [9.17, 15) is 14.4 Å². The van der Waals surface area contributed by atoms with Crippen LogP contribution in [0.15, 0.2) is 98.1 Å². The van der Waals surface area contributed by atoms with Gasteiger partial charge in [-0.15, -0.1) is 0 Å². The summed E-state index contributed by atoms with van der Waals surface area (Å²) in [5.41, 5.74) is 1.98. The van der Waals surface area contributed by atoms with Gasteiger partial charge in [0.15, 0.2) is 0 Å². The van der Waals surface area contributed by atoms with Crippen molar-refractivity contribution in [1.82, 2.24) is 0 Å². The van der Waals surface area contributed by atoms with E-state index in [1.54, 1.807) is 60.7 Å².